The molecule has 2 rings (SSSR count). The second kappa shape index (κ2) is 7.43. The number of hydrogen-bond donors (Lipinski definition) is 0. The van der Waals surface area contributed by atoms with Crippen LogP contribution in [0.5, 0.6) is 0 Å². The van der Waals surface area contributed by atoms with Gasteiger partial charge in [0, 0.05) is 5.56 Å². The molecule has 0 radical (unpaired) electrons. The average molecular weight is 286 g/mol. The summed E-state index contributed by atoms with van der Waals surface area (Å²) in [4.78, 5) is 0. The Labute approximate surface area is 122 Å². The largest absolute Gasteiger partial charge is 0.207 e. The van der Waals surface area contributed by atoms with Gasteiger partial charge < -0.3 is 0 Å². The van der Waals surface area contributed by atoms with Crippen LogP contribution in [0, 0.1) is 11.6 Å². The molecule has 0 heterocycles. The molecule has 2 aromatic rings. The molecule has 0 aliphatic carbocycles. The highest BCUT2D eigenvalue weighted by atomic mass is 19.1. The van der Waals surface area contributed by atoms with E-state index in [1.807, 2.05) is 6.07 Å². The van der Waals surface area contributed by atoms with Crippen molar-refractivity contribution in [2.24, 2.45) is 10.2 Å². The number of halogens is 2. The Bertz CT molecular complexity index is 646. The summed E-state index contributed by atoms with van der Waals surface area (Å²) < 4.78 is 26.5. The second-order valence-electron chi connectivity index (χ2n) is 4.65. The monoisotopic (exact) mass is 286 g/mol. The quantitative estimate of drug-likeness (QED) is 0.576. The smallest absolute Gasteiger partial charge is 0.132 e. The van der Waals surface area contributed by atoms with Crippen molar-refractivity contribution < 1.29 is 8.78 Å². The molecule has 0 saturated carbocycles. The van der Waals surface area contributed by atoms with E-state index in [2.05, 4.69) is 17.1 Å². The molecule has 0 unspecified atom stereocenters. The summed E-state index contributed by atoms with van der Waals surface area (Å²) in [6.45, 7) is 2.05. The van der Waals surface area contributed by atoms with Crippen LogP contribution in [-0.2, 0) is 6.42 Å². The predicted octanol–water partition coefficient (Wildman–Crippen LogP) is 4.37. The molecule has 0 aliphatic heterocycles. The highest BCUT2D eigenvalue weighted by molar-refractivity contribution is 5.82. The maximum Gasteiger partial charge on any atom is 0.132 e. The third-order valence-electron chi connectivity index (χ3n) is 2.94. The Kier molecular flexibility index (Phi) is 5.32. The lowest BCUT2D eigenvalue weighted by atomic mass is 10.1. The summed E-state index contributed by atoms with van der Waals surface area (Å²) in [5.74, 6) is -0.605. The van der Waals surface area contributed by atoms with Gasteiger partial charge in [0.2, 0.25) is 0 Å². The minimum atomic E-state index is -0.304. The second-order valence-corrected chi connectivity index (χ2v) is 4.65. The third-order valence-corrected chi connectivity index (χ3v) is 2.94. The lowest BCUT2D eigenvalue weighted by molar-refractivity contribution is 0.623. The Morgan fingerprint density at radius 1 is 0.952 bits per heavy atom. The molecular formula is C17H16F2N2. The molecule has 0 aliphatic rings. The van der Waals surface area contributed by atoms with Crippen LogP contribution in [0.4, 0.5) is 8.78 Å². The number of nitrogens with zero attached hydrogens (tertiary/aromatic N) is 2. The molecule has 0 N–H and O–H groups in total. The van der Waals surface area contributed by atoms with E-state index in [-0.39, 0.29) is 11.6 Å². The van der Waals surface area contributed by atoms with Gasteiger partial charge in [-0.05, 0) is 35.7 Å². The van der Waals surface area contributed by atoms with E-state index in [0.717, 1.165) is 24.0 Å². The van der Waals surface area contributed by atoms with Crippen molar-refractivity contribution in [1.29, 1.82) is 0 Å². The third kappa shape index (κ3) is 4.60. The van der Waals surface area contributed by atoms with Crippen LogP contribution in [-0.4, -0.2) is 12.4 Å². The van der Waals surface area contributed by atoms with E-state index in [4.69, 9.17) is 0 Å². The lowest BCUT2D eigenvalue weighted by Gasteiger charge is -2.00. The first kappa shape index (κ1) is 15.0. The molecule has 21 heavy (non-hydrogen) atoms. The van der Waals surface area contributed by atoms with E-state index in [1.54, 1.807) is 18.2 Å². The van der Waals surface area contributed by atoms with Crippen molar-refractivity contribution in [2.45, 2.75) is 19.8 Å². The molecule has 0 saturated heterocycles. The Morgan fingerprint density at radius 2 is 1.67 bits per heavy atom. The van der Waals surface area contributed by atoms with Gasteiger partial charge in [-0.25, -0.2) is 8.78 Å². The van der Waals surface area contributed by atoms with Gasteiger partial charge in [-0.15, -0.1) is 0 Å². The fourth-order valence-electron chi connectivity index (χ4n) is 1.86. The summed E-state index contributed by atoms with van der Waals surface area (Å²) in [5.41, 5.74) is 2.10. The highest BCUT2D eigenvalue weighted by Crippen LogP contribution is 2.10. The topological polar surface area (TPSA) is 24.7 Å². The van der Waals surface area contributed by atoms with Crippen molar-refractivity contribution >= 4 is 12.4 Å². The molecule has 0 amide bonds. The molecule has 2 nitrogen and oxygen atoms in total. The standard InChI is InChI=1S/C17H16F2N2/c1-2-3-13-4-7-15(17(19)10-13)12-21-20-11-14-5-8-16(18)9-6-14/h4-12H,2-3H2,1H3. The van der Waals surface area contributed by atoms with E-state index >= 15 is 0 Å². The van der Waals surface area contributed by atoms with E-state index < -0.39 is 0 Å². The van der Waals surface area contributed by atoms with Crippen molar-refractivity contribution in [3.8, 4) is 0 Å². The summed E-state index contributed by atoms with van der Waals surface area (Å²) in [6.07, 6.45) is 4.69. The Hall–Kier alpha value is -2.36. The van der Waals surface area contributed by atoms with Crippen LogP contribution in [0.3, 0.4) is 0 Å². The lowest BCUT2D eigenvalue weighted by Crippen LogP contribution is -1.91. The van der Waals surface area contributed by atoms with Crippen LogP contribution in [0.25, 0.3) is 0 Å². The predicted molar refractivity (Wildman–Crippen MR) is 82.0 cm³/mol. The molecular weight excluding hydrogens is 270 g/mol. The normalized spacial score (nSPS) is 11.6. The molecule has 0 atom stereocenters. The van der Waals surface area contributed by atoms with Crippen LogP contribution in [0.1, 0.15) is 30.0 Å². The van der Waals surface area contributed by atoms with Gasteiger partial charge in [0.1, 0.15) is 11.6 Å². The molecule has 0 spiro atoms. The summed E-state index contributed by atoms with van der Waals surface area (Å²) in [7, 11) is 0. The van der Waals surface area contributed by atoms with Gasteiger partial charge in [0.15, 0.2) is 0 Å². The van der Waals surface area contributed by atoms with Gasteiger partial charge in [-0.1, -0.05) is 37.6 Å². The van der Waals surface area contributed by atoms with E-state index in [9.17, 15) is 8.78 Å². The van der Waals surface area contributed by atoms with Gasteiger partial charge in [0.25, 0.3) is 0 Å². The molecule has 0 aromatic heterocycles. The zero-order chi connectivity index (χ0) is 15.1. The van der Waals surface area contributed by atoms with E-state index in [0.29, 0.717) is 5.56 Å². The molecule has 0 fully saturated rings. The fourth-order valence-corrected chi connectivity index (χ4v) is 1.86. The van der Waals surface area contributed by atoms with Gasteiger partial charge in [0.05, 0.1) is 12.4 Å². The van der Waals surface area contributed by atoms with Crippen LogP contribution >= 0.6 is 0 Å². The first-order chi connectivity index (χ1) is 10.2. The summed E-state index contributed by atoms with van der Waals surface area (Å²) in [5, 5.41) is 7.63. The van der Waals surface area contributed by atoms with Crippen LogP contribution in [0.15, 0.2) is 52.7 Å². The average Bonchev–Trinajstić information content (AvgIpc) is 2.47. The highest BCUT2D eigenvalue weighted by Gasteiger charge is 2.00. The summed E-state index contributed by atoms with van der Waals surface area (Å²) >= 11 is 0. The SMILES string of the molecule is CCCc1ccc(C=NN=Cc2ccc(F)cc2)c(F)c1. The minimum absolute atomic E-state index is 0.301. The van der Waals surface area contributed by atoms with Gasteiger partial charge in [-0.3, -0.25) is 0 Å². The van der Waals surface area contributed by atoms with Crippen LogP contribution < -0.4 is 0 Å². The van der Waals surface area contributed by atoms with Crippen LogP contribution in [0.2, 0.25) is 0 Å². The summed E-state index contributed by atoms with van der Waals surface area (Å²) in [6, 6.07) is 11.0. The number of rotatable bonds is 5. The number of aryl methyl sites for hydroxylation is 1. The van der Waals surface area contributed by atoms with Crippen molar-refractivity contribution in [1.82, 2.24) is 0 Å². The molecule has 108 valence electrons. The van der Waals surface area contributed by atoms with Crippen molar-refractivity contribution in [3.05, 3.63) is 70.8 Å². The Balaban J connectivity index is 2.02. The first-order valence-electron chi connectivity index (χ1n) is 6.79. The van der Waals surface area contributed by atoms with Gasteiger partial charge >= 0.3 is 0 Å². The first-order valence-corrected chi connectivity index (χ1v) is 6.79. The minimum Gasteiger partial charge on any atom is -0.207 e. The maximum atomic E-state index is 13.8. The number of benzene rings is 2. The van der Waals surface area contributed by atoms with Gasteiger partial charge in [-0.2, -0.15) is 10.2 Å². The molecule has 4 heteroatoms. The van der Waals surface area contributed by atoms with E-state index in [1.165, 1.54) is 30.6 Å². The van der Waals surface area contributed by atoms with Crippen molar-refractivity contribution in [3.63, 3.8) is 0 Å². The molecule has 0 bridgehead atoms. The van der Waals surface area contributed by atoms with Crippen molar-refractivity contribution in [2.75, 3.05) is 0 Å². The Morgan fingerprint density at radius 3 is 2.33 bits per heavy atom. The number of hydrogen-bond acceptors (Lipinski definition) is 2. The molecule has 2 aromatic carbocycles. The maximum absolute atomic E-state index is 13.8. The fraction of sp³-hybridized carbons (Fsp3) is 0.176. The zero-order valence-electron chi connectivity index (χ0n) is 11.8. The zero-order valence-corrected chi connectivity index (χ0v) is 11.8.